The van der Waals surface area contributed by atoms with E-state index >= 15 is 0 Å². The van der Waals surface area contributed by atoms with Gasteiger partial charge in [-0.25, -0.2) is 16.8 Å². The zero-order valence-electron chi connectivity index (χ0n) is 18.1. The van der Waals surface area contributed by atoms with E-state index in [0.29, 0.717) is 32.8 Å². The van der Waals surface area contributed by atoms with Gasteiger partial charge in [-0.05, 0) is 66.8 Å². The number of nitrogens with one attached hydrogen (secondary N) is 2. The molecule has 186 valence electrons. The predicted molar refractivity (Wildman–Crippen MR) is 138 cm³/mol. The van der Waals surface area contributed by atoms with Crippen molar-refractivity contribution in [2.24, 2.45) is 5.92 Å². The molecule has 3 aromatic rings. The molecular weight excluding hydrogens is 553 g/mol. The van der Waals surface area contributed by atoms with Gasteiger partial charge in [-0.2, -0.15) is 4.31 Å². The van der Waals surface area contributed by atoms with Gasteiger partial charge in [-0.1, -0.05) is 29.3 Å². The van der Waals surface area contributed by atoms with Crippen LogP contribution in [-0.4, -0.2) is 40.1 Å². The fourth-order valence-corrected chi connectivity index (χ4v) is 7.87. The van der Waals surface area contributed by atoms with E-state index in [1.807, 2.05) is 0 Å². The van der Waals surface area contributed by atoms with Crippen molar-refractivity contribution < 1.29 is 21.6 Å². The molecule has 1 amide bonds. The van der Waals surface area contributed by atoms with Crippen molar-refractivity contribution in [2.75, 3.05) is 23.1 Å². The third kappa shape index (κ3) is 6.16. The fourth-order valence-electron chi connectivity index (χ4n) is 3.68. The molecule has 0 bridgehead atoms. The van der Waals surface area contributed by atoms with Crippen LogP contribution in [-0.2, 0) is 24.8 Å². The zero-order chi connectivity index (χ0) is 25.2. The van der Waals surface area contributed by atoms with Crippen LogP contribution in [0.2, 0.25) is 10.0 Å². The van der Waals surface area contributed by atoms with Crippen LogP contribution in [0, 0.1) is 5.92 Å². The number of sulfonamides is 2. The van der Waals surface area contributed by atoms with Gasteiger partial charge in [0.25, 0.3) is 20.0 Å². The molecule has 0 spiro atoms. The Hall–Kier alpha value is -2.15. The summed E-state index contributed by atoms with van der Waals surface area (Å²) in [5.74, 6) is -0.581. The van der Waals surface area contributed by atoms with Crippen LogP contribution in [0.1, 0.15) is 12.8 Å². The number of benzene rings is 2. The number of nitrogens with zero attached hydrogens (tertiary/aromatic N) is 1. The number of anilines is 2. The van der Waals surface area contributed by atoms with E-state index in [1.54, 1.807) is 17.5 Å². The first kappa shape index (κ1) is 25.9. The summed E-state index contributed by atoms with van der Waals surface area (Å²) in [6.45, 7) is 0.517. The van der Waals surface area contributed by atoms with Crippen molar-refractivity contribution in [3.8, 4) is 0 Å². The fraction of sp³-hybridized carbons (Fsp3) is 0.227. The van der Waals surface area contributed by atoms with Crippen LogP contribution in [0.3, 0.4) is 0 Å². The molecule has 2 N–H and O–H groups in total. The number of rotatable bonds is 7. The van der Waals surface area contributed by atoms with Crippen LogP contribution in [0.25, 0.3) is 0 Å². The first-order chi connectivity index (χ1) is 16.5. The molecule has 2 heterocycles. The highest BCUT2D eigenvalue weighted by atomic mass is 35.5. The van der Waals surface area contributed by atoms with Crippen molar-refractivity contribution in [1.82, 2.24) is 4.31 Å². The Kier molecular flexibility index (Phi) is 7.74. The van der Waals surface area contributed by atoms with Gasteiger partial charge in [0.1, 0.15) is 4.21 Å². The summed E-state index contributed by atoms with van der Waals surface area (Å²) in [7, 11) is -7.42. The van der Waals surface area contributed by atoms with Gasteiger partial charge in [0.2, 0.25) is 5.91 Å². The van der Waals surface area contributed by atoms with E-state index in [1.165, 1.54) is 58.1 Å². The molecule has 35 heavy (non-hydrogen) atoms. The average Bonchev–Trinajstić information content (AvgIpc) is 3.34. The quantitative estimate of drug-likeness (QED) is 0.417. The Morgan fingerprint density at radius 2 is 1.54 bits per heavy atom. The Labute approximate surface area is 218 Å². The molecule has 13 heteroatoms. The number of thiophene rings is 1. The summed E-state index contributed by atoms with van der Waals surface area (Å²) in [5, 5.41) is 5.09. The second-order valence-electron chi connectivity index (χ2n) is 7.89. The second kappa shape index (κ2) is 10.5. The van der Waals surface area contributed by atoms with Gasteiger partial charge in [-0.15, -0.1) is 11.3 Å². The summed E-state index contributed by atoms with van der Waals surface area (Å²) in [5.41, 5.74) is 0.667. The lowest BCUT2D eigenvalue weighted by molar-refractivity contribution is -0.120. The molecule has 0 saturated carbocycles. The van der Waals surface area contributed by atoms with Gasteiger partial charge in [0.05, 0.1) is 10.6 Å². The summed E-state index contributed by atoms with van der Waals surface area (Å²) in [4.78, 5) is 12.7. The maximum absolute atomic E-state index is 12.7. The summed E-state index contributed by atoms with van der Waals surface area (Å²) in [6.07, 6.45) is 0.796. The number of carbonyl (C=O) groups is 1. The summed E-state index contributed by atoms with van der Waals surface area (Å²) >= 11 is 13.0. The number of hydrogen-bond acceptors (Lipinski definition) is 6. The zero-order valence-corrected chi connectivity index (χ0v) is 22.1. The average molecular weight is 575 g/mol. The van der Waals surface area contributed by atoms with Gasteiger partial charge < -0.3 is 5.32 Å². The van der Waals surface area contributed by atoms with Crippen molar-refractivity contribution in [3.05, 3.63) is 70.0 Å². The molecule has 8 nitrogen and oxygen atoms in total. The monoisotopic (exact) mass is 573 g/mol. The molecule has 0 unspecified atom stereocenters. The molecule has 2 aromatic carbocycles. The summed E-state index contributed by atoms with van der Waals surface area (Å²) in [6, 6.07) is 13.4. The van der Waals surface area contributed by atoms with Crippen molar-refractivity contribution >= 4 is 71.9 Å². The van der Waals surface area contributed by atoms with Gasteiger partial charge in [-0.3, -0.25) is 9.52 Å². The molecule has 0 aliphatic carbocycles. The van der Waals surface area contributed by atoms with E-state index in [0.717, 1.165) is 0 Å². The Morgan fingerprint density at radius 3 is 2.11 bits per heavy atom. The Bertz CT molecular complexity index is 1400. The van der Waals surface area contributed by atoms with Crippen molar-refractivity contribution in [1.29, 1.82) is 0 Å². The van der Waals surface area contributed by atoms with Crippen molar-refractivity contribution in [2.45, 2.75) is 21.9 Å². The lowest BCUT2D eigenvalue weighted by atomic mass is 9.97. The molecule has 1 saturated heterocycles. The first-order valence-electron chi connectivity index (χ1n) is 10.5. The molecule has 0 atom stereocenters. The van der Waals surface area contributed by atoms with Gasteiger partial charge >= 0.3 is 0 Å². The molecule has 1 fully saturated rings. The SMILES string of the molecule is O=C(Nc1ccc(S(=O)(=O)Nc2cc(Cl)cc(Cl)c2)cc1)C1CCN(S(=O)(=O)c2cccs2)CC1. The third-order valence-corrected chi connectivity index (χ3v) is 10.6. The van der Waals surface area contributed by atoms with Crippen molar-refractivity contribution in [3.63, 3.8) is 0 Å². The maximum Gasteiger partial charge on any atom is 0.261 e. The highest BCUT2D eigenvalue weighted by molar-refractivity contribution is 7.92. The Morgan fingerprint density at radius 1 is 0.914 bits per heavy atom. The van der Waals surface area contributed by atoms with Crippen LogP contribution in [0.4, 0.5) is 11.4 Å². The minimum atomic E-state index is -3.89. The van der Waals surface area contributed by atoms with Gasteiger partial charge in [0, 0.05) is 34.7 Å². The number of amides is 1. The standard InChI is InChI=1S/C22H21Cl2N3O5S3/c23-16-12-17(24)14-19(13-16)26-34(29,30)20-5-3-18(4-6-20)25-22(28)15-7-9-27(10-8-15)35(31,32)21-2-1-11-33-21/h1-6,11-15,26H,7-10H2,(H,25,28). The number of halogens is 2. The normalized spacial score (nSPS) is 15.6. The largest absolute Gasteiger partial charge is 0.326 e. The lowest BCUT2D eigenvalue weighted by Gasteiger charge is -2.30. The smallest absolute Gasteiger partial charge is 0.261 e. The molecule has 1 aliphatic rings. The van der Waals surface area contributed by atoms with E-state index in [9.17, 15) is 21.6 Å². The lowest BCUT2D eigenvalue weighted by Crippen LogP contribution is -2.41. The topological polar surface area (TPSA) is 113 Å². The highest BCUT2D eigenvalue weighted by Gasteiger charge is 2.32. The van der Waals surface area contributed by atoms with Crippen LogP contribution < -0.4 is 10.0 Å². The van der Waals surface area contributed by atoms with Crippen LogP contribution in [0.15, 0.2) is 69.1 Å². The van der Waals surface area contributed by atoms with E-state index < -0.39 is 20.0 Å². The molecule has 4 rings (SSSR count). The predicted octanol–water partition coefficient (Wildman–Crippen LogP) is 4.90. The maximum atomic E-state index is 12.7. The van der Waals surface area contributed by atoms with Crippen LogP contribution >= 0.6 is 34.5 Å². The van der Waals surface area contributed by atoms with Gasteiger partial charge in [0.15, 0.2) is 0 Å². The highest BCUT2D eigenvalue weighted by Crippen LogP contribution is 2.28. The molecule has 1 aromatic heterocycles. The number of hydrogen-bond donors (Lipinski definition) is 2. The number of piperidine rings is 1. The third-order valence-electron chi connectivity index (χ3n) is 5.46. The second-order valence-corrected chi connectivity index (χ2v) is 13.6. The minimum Gasteiger partial charge on any atom is -0.326 e. The minimum absolute atomic E-state index is 0.00121. The van der Waals surface area contributed by atoms with E-state index in [4.69, 9.17) is 23.2 Å². The Balaban J connectivity index is 1.35. The van der Waals surface area contributed by atoms with E-state index in [2.05, 4.69) is 10.0 Å². The first-order valence-corrected chi connectivity index (χ1v) is 15.0. The number of carbonyl (C=O) groups excluding carboxylic acids is 1. The summed E-state index contributed by atoms with van der Waals surface area (Å²) < 4.78 is 54.7. The van der Waals surface area contributed by atoms with Crippen LogP contribution in [0.5, 0.6) is 0 Å². The molecular formula is C22H21Cl2N3O5S3. The van der Waals surface area contributed by atoms with E-state index in [-0.39, 0.29) is 35.5 Å². The molecule has 1 aliphatic heterocycles. The molecule has 0 radical (unpaired) electrons.